The second-order valence-corrected chi connectivity index (χ2v) is 6.12. The molecule has 5 nitrogen and oxygen atoms in total. The molecule has 0 spiro atoms. The van der Waals surface area contributed by atoms with E-state index < -0.39 is 0 Å². The average Bonchev–Trinajstić information content (AvgIpc) is 2.66. The molecule has 0 aliphatic heterocycles. The highest BCUT2D eigenvalue weighted by atomic mass is 16.5. The molecule has 0 aliphatic rings. The Morgan fingerprint density at radius 3 is 2.46 bits per heavy atom. The first kappa shape index (κ1) is 19.8. The Morgan fingerprint density at radius 2 is 1.77 bits per heavy atom. The molecule has 0 aromatic heterocycles. The molecule has 5 heteroatoms. The molecule has 0 saturated carbocycles. The van der Waals surface area contributed by atoms with Crippen molar-refractivity contribution in [2.75, 3.05) is 27.8 Å². The molecule has 0 radical (unpaired) electrons. The van der Waals surface area contributed by atoms with Crippen molar-refractivity contribution in [1.82, 2.24) is 10.6 Å². The van der Waals surface area contributed by atoms with Gasteiger partial charge < -0.3 is 20.1 Å². The van der Waals surface area contributed by atoms with Crippen LogP contribution in [0.1, 0.15) is 22.3 Å². The Hall–Kier alpha value is -2.53. The Bertz CT molecular complexity index is 729. The molecular formula is C21H29N3O2. The molecule has 0 fully saturated rings. The maximum absolute atomic E-state index is 5.44. The van der Waals surface area contributed by atoms with Crippen molar-refractivity contribution in [3.8, 4) is 5.75 Å². The quantitative estimate of drug-likeness (QED) is 0.564. The topological polar surface area (TPSA) is 54.9 Å². The van der Waals surface area contributed by atoms with Crippen LogP contribution in [0.15, 0.2) is 47.5 Å². The normalized spacial score (nSPS) is 11.3. The molecular weight excluding hydrogens is 326 g/mol. The average molecular weight is 355 g/mol. The molecule has 140 valence electrons. The van der Waals surface area contributed by atoms with Crippen molar-refractivity contribution in [1.29, 1.82) is 0 Å². The largest absolute Gasteiger partial charge is 0.496 e. The van der Waals surface area contributed by atoms with E-state index in [0.29, 0.717) is 13.2 Å². The van der Waals surface area contributed by atoms with Crippen LogP contribution >= 0.6 is 0 Å². The summed E-state index contributed by atoms with van der Waals surface area (Å²) in [4.78, 5) is 4.30. The van der Waals surface area contributed by atoms with Crippen molar-refractivity contribution in [3.63, 3.8) is 0 Å². The van der Waals surface area contributed by atoms with Crippen molar-refractivity contribution >= 4 is 5.96 Å². The lowest BCUT2D eigenvalue weighted by Gasteiger charge is -2.15. The number of aryl methyl sites for hydroxylation is 1. The summed E-state index contributed by atoms with van der Waals surface area (Å²) in [7, 11) is 5.20. The van der Waals surface area contributed by atoms with Gasteiger partial charge in [-0.1, -0.05) is 42.0 Å². The van der Waals surface area contributed by atoms with Crippen LogP contribution < -0.4 is 15.4 Å². The Balaban J connectivity index is 1.88. The zero-order chi connectivity index (χ0) is 18.8. The zero-order valence-corrected chi connectivity index (χ0v) is 16.1. The van der Waals surface area contributed by atoms with Crippen molar-refractivity contribution in [3.05, 3.63) is 64.7 Å². The number of nitrogens with one attached hydrogen (secondary N) is 2. The summed E-state index contributed by atoms with van der Waals surface area (Å²) < 4.78 is 10.7. The standard InChI is InChI=1S/C21H29N3O2/c1-16-9-10-20(26-4)17(13-16)11-12-23-21(22-2)24-14-18-7-5-6-8-19(18)15-25-3/h5-10,13H,11-12,14-15H2,1-4H3,(H2,22,23,24). The van der Waals surface area contributed by atoms with Gasteiger partial charge in [-0.3, -0.25) is 4.99 Å². The van der Waals surface area contributed by atoms with Crippen molar-refractivity contribution < 1.29 is 9.47 Å². The van der Waals surface area contributed by atoms with E-state index in [0.717, 1.165) is 24.7 Å². The van der Waals surface area contributed by atoms with Crippen molar-refractivity contribution in [2.24, 2.45) is 4.99 Å². The minimum atomic E-state index is 0.608. The first-order chi connectivity index (χ1) is 12.7. The predicted octanol–water partition coefficient (Wildman–Crippen LogP) is 3.06. The Morgan fingerprint density at radius 1 is 1.00 bits per heavy atom. The molecule has 0 atom stereocenters. The summed E-state index contributed by atoms with van der Waals surface area (Å²) in [6.07, 6.45) is 0.867. The van der Waals surface area contributed by atoms with Crippen LogP contribution in [0.2, 0.25) is 0 Å². The lowest BCUT2D eigenvalue weighted by atomic mass is 10.1. The SMILES string of the molecule is CN=C(NCCc1cc(C)ccc1OC)NCc1ccccc1COC. The molecule has 0 bridgehead atoms. The number of ether oxygens (including phenoxy) is 2. The monoisotopic (exact) mass is 355 g/mol. The van der Waals surface area contributed by atoms with Crippen LogP contribution in [-0.4, -0.2) is 33.8 Å². The van der Waals surface area contributed by atoms with Crippen LogP contribution in [0.4, 0.5) is 0 Å². The van der Waals surface area contributed by atoms with E-state index in [2.05, 4.69) is 46.8 Å². The second kappa shape index (κ2) is 10.5. The molecule has 0 saturated heterocycles. The number of aliphatic imine (C=N–C) groups is 1. The van der Waals surface area contributed by atoms with Gasteiger partial charge in [0.15, 0.2) is 5.96 Å². The highest BCUT2D eigenvalue weighted by molar-refractivity contribution is 5.79. The van der Waals surface area contributed by atoms with Crippen LogP contribution in [-0.2, 0) is 24.3 Å². The molecule has 0 heterocycles. The Kier molecular flexibility index (Phi) is 7.96. The van der Waals surface area contributed by atoms with E-state index >= 15 is 0 Å². The van der Waals surface area contributed by atoms with E-state index in [4.69, 9.17) is 9.47 Å². The van der Waals surface area contributed by atoms with Crippen LogP contribution in [0.25, 0.3) is 0 Å². The van der Waals surface area contributed by atoms with Crippen molar-refractivity contribution in [2.45, 2.75) is 26.5 Å². The fraction of sp³-hybridized carbons (Fsp3) is 0.381. The number of hydrogen-bond acceptors (Lipinski definition) is 3. The van der Waals surface area contributed by atoms with Gasteiger partial charge in [-0.25, -0.2) is 0 Å². The Labute approximate surface area is 156 Å². The lowest BCUT2D eigenvalue weighted by molar-refractivity contribution is 0.184. The summed E-state index contributed by atoms with van der Waals surface area (Å²) in [5.74, 6) is 1.71. The van der Waals surface area contributed by atoms with Gasteiger partial charge in [0.1, 0.15) is 5.75 Å². The third kappa shape index (κ3) is 5.77. The van der Waals surface area contributed by atoms with Crippen LogP contribution in [0.5, 0.6) is 5.75 Å². The van der Waals surface area contributed by atoms with Gasteiger partial charge in [0.2, 0.25) is 0 Å². The first-order valence-electron chi connectivity index (χ1n) is 8.81. The maximum atomic E-state index is 5.44. The fourth-order valence-corrected chi connectivity index (χ4v) is 2.84. The van der Waals surface area contributed by atoms with Gasteiger partial charge in [-0.05, 0) is 36.1 Å². The summed E-state index contributed by atoms with van der Waals surface area (Å²) in [6.45, 7) is 4.18. The summed E-state index contributed by atoms with van der Waals surface area (Å²) in [5.41, 5.74) is 4.82. The number of nitrogens with zero attached hydrogens (tertiary/aromatic N) is 1. The number of guanidine groups is 1. The molecule has 2 N–H and O–H groups in total. The molecule has 2 rings (SSSR count). The first-order valence-corrected chi connectivity index (χ1v) is 8.81. The van der Waals surface area contributed by atoms with E-state index in [1.165, 1.54) is 22.3 Å². The minimum Gasteiger partial charge on any atom is -0.496 e. The summed E-state index contributed by atoms with van der Waals surface area (Å²) >= 11 is 0. The molecule has 0 amide bonds. The molecule has 0 aliphatic carbocycles. The number of rotatable bonds is 8. The highest BCUT2D eigenvalue weighted by Gasteiger charge is 2.05. The van der Waals surface area contributed by atoms with Crippen LogP contribution in [0, 0.1) is 6.92 Å². The molecule has 2 aromatic rings. The molecule has 26 heavy (non-hydrogen) atoms. The van der Waals surface area contributed by atoms with Gasteiger partial charge in [-0.2, -0.15) is 0 Å². The second-order valence-electron chi connectivity index (χ2n) is 6.12. The van der Waals surface area contributed by atoms with Gasteiger partial charge >= 0.3 is 0 Å². The third-order valence-corrected chi connectivity index (χ3v) is 4.21. The van der Waals surface area contributed by atoms with E-state index in [9.17, 15) is 0 Å². The summed E-state index contributed by atoms with van der Waals surface area (Å²) in [6, 6.07) is 14.5. The maximum Gasteiger partial charge on any atom is 0.191 e. The third-order valence-electron chi connectivity index (χ3n) is 4.21. The number of benzene rings is 2. The zero-order valence-electron chi connectivity index (χ0n) is 16.1. The van der Waals surface area contributed by atoms with Gasteiger partial charge in [0, 0.05) is 27.2 Å². The lowest BCUT2D eigenvalue weighted by Crippen LogP contribution is -2.38. The smallest absolute Gasteiger partial charge is 0.191 e. The van der Waals surface area contributed by atoms with E-state index in [1.807, 2.05) is 18.2 Å². The van der Waals surface area contributed by atoms with Gasteiger partial charge in [0.05, 0.1) is 13.7 Å². The number of methoxy groups -OCH3 is 2. The number of hydrogen-bond donors (Lipinski definition) is 2. The van der Waals surface area contributed by atoms with E-state index in [1.54, 1.807) is 21.3 Å². The van der Waals surface area contributed by atoms with Crippen LogP contribution in [0.3, 0.4) is 0 Å². The molecule has 2 aromatic carbocycles. The van der Waals surface area contributed by atoms with Gasteiger partial charge in [0.25, 0.3) is 0 Å². The minimum absolute atomic E-state index is 0.608. The summed E-state index contributed by atoms with van der Waals surface area (Å²) in [5, 5.41) is 6.73. The predicted molar refractivity (Wildman–Crippen MR) is 107 cm³/mol. The fourth-order valence-electron chi connectivity index (χ4n) is 2.84. The van der Waals surface area contributed by atoms with E-state index in [-0.39, 0.29) is 0 Å². The van der Waals surface area contributed by atoms with Gasteiger partial charge in [-0.15, -0.1) is 0 Å². The highest BCUT2D eigenvalue weighted by Crippen LogP contribution is 2.19. The molecule has 0 unspecified atom stereocenters.